The van der Waals surface area contributed by atoms with E-state index in [2.05, 4.69) is 48.5 Å². The molecular weight excluding hydrogens is 542 g/mol. The van der Waals surface area contributed by atoms with Gasteiger partial charge in [-0.2, -0.15) is 5.21 Å². The summed E-state index contributed by atoms with van der Waals surface area (Å²) < 4.78 is 4.24. The van der Waals surface area contributed by atoms with Crippen LogP contribution >= 0.6 is 27.5 Å². The zero-order valence-electron chi connectivity index (χ0n) is 19.5. The summed E-state index contributed by atoms with van der Waals surface area (Å²) in [5.41, 5.74) is 5.27. The number of pyridine rings is 1. The summed E-state index contributed by atoms with van der Waals surface area (Å²) in [6.45, 7) is 2.60. The van der Waals surface area contributed by atoms with E-state index in [-0.39, 0.29) is 5.69 Å². The van der Waals surface area contributed by atoms with Crippen LogP contribution in [0.25, 0.3) is 28.2 Å². The van der Waals surface area contributed by atoms with Gasteiger partial charge in [0.1, 0.15) is 0 Å². The van der Waals surface area contributed by atoms with Gasteiger partial charge >= 0.3 is 5.69 Å². The Kier molecular flexibility index (Phi) is 7.11. The summed E-state index contributed by atoms with van der Waals surface area (Å²) in [7, 11) is 0. The van der Waals surface area contributed by atoms with Crippen LogP contribution in [-0.4, -0.2) is 34.7 Å². The van der Waals surface area contributed by atoms with E-state index in [4.69, 9.17) is 11.6 Å². The minimum absolute atomic E-state index is 0.118. The van der Waals surface area contributed by atoms with Crippen molar-refractivity contribution in [2.24, 2.45) is 0 Å². The second-order valence-corrected chi connectivity index (χ2v) is 9.65. The number of halogens is 2. The van der Waals surface area contributed by atoms with Crippen molar-refractivity contribution < 1.29 is 0 Å². The van der Waals surface area contributed by atoms with Gasteiger partial charge in [-0.15, -0.1) is 10.2 Å². The maximum atomic E-state index is 13.5. The highest BCUT2D eigenvalue weighted by Gasteiger charge is 2.17. The molecule has 0 spiro atoms. The Hall–Kier alpha value is -3.56. The predicted octanol–water partition coefficient (Wildman–Crippen LogP) is 5.69. The Labute approximate surface area is 221 Å². The topological polar surface area (TPSA) is 94.3 Å². The molecule has 0 saturated carbocycles. The molecule has 0 atom stereocenters. The third-order valence-corrected chi connectivity index (χ3v) is 6.98. The summed E-state index contributed by atoms with van der Waals surface area (Å²) in [5, 5.41) is 14.8. The predicted molar refractivity (Wildman–Crippen MR) is 143 cm³/mol. The van der Waals surface area contributed by atoms with Crippen molar-refractivity contribution in [2.45, 2.75) is 32.7 Å². The summed E-state index contributed by atoms with van der Waals surface area (Å²) in [6.07, 6.45) is 8.22. The van der Waals surface area contributed by atoms with Crippen molar-refractivity contribution in [3.05, 3.63) is 98.4 Å². The van der Waals surface area contributed by atoms with Gasteiger partial charge in [-0.25, -0.2) is 4.79 Å². The van der Waals surface area contributed by atoms with E-state index in [0.29, 0.717) is 23.1 Å². The average molecular weight is 565 g/mol. The highest BCUT2D eigenvalue weighted by molar-refractivity contribution is 9.10. The molecule has 0 bridgehead atoms. The monoisotopic (exact) mass is 563 g/mol. The van der Waals surface area contributed by atoms with Crippen LogP contribution < -0.4 is 5.69 Å². The third-order valence-electron chi connectivity index (χ3n) is 6.04. The molecule has 3 heterocycles. The molecule has 0 aliphatic heterocycles. The highest BCUT2D eigenvalue weighted by atomic mass is 79.9. The lowest BCUT2D eigenvalue weighted by molar-refractivity contribution is 0.674. The molecule has 1 N–H and O–H groups in total. The number of nitrogens with zero attached hydrogens (tertiary/aromatic N) is 6. The number of rotatable bonds is 8. The smallest absolute Gasteiger partial charge is 0.292 e. The van der Waals surface area contributed by atoms with Gasteiger partial charge < -0.3 is 0 Å². The highest BCUT2D eigenvalue weighted by Crippen LogP contribution is 2.30. The minimum atomic E-state index is -0.118. The van der Waals surface area contributed by atoms with Crippen molar-refractivity contribution in [1.29, 1.82) is 0 Å². The average Bonchev–Trinajstić information content (AvgIpc) is 3.53. The van der Waals surface area contributed by atoms with Crippen LogP contribution in [0.4, 0.5) is 0 Å². The van der Waals surface area contributed by atoms with E-state index in [1.165, 1.54) is 0 Å². The van der Waals surface area contributed by atoms with Crippen molar-refractivity contribution in [2.75, 3.05) is 0 Å². The summed E-state index contributed by atoms with van der Waals surface area (Å²) in [5.74, 6) is 0.487. The van der Waals surface area contributed by atoms with Gasteiger partial charge in [0.2, 0.25) is 5.82 Å². The number of aromatic nitrogens is 7. The fraction of sp³-hybridized carbons (Fsp3) is 0.192. The van der Waals surface area contributed by atoms with Crippen LogP contribution in [0.2, 0.25) is 5.02 Å². The van der Waals surface area contributed by atoms with Gasteiger partial charge in [-0.05, 0) is 68.9 Å². The lowest BCUT2D eigenvalue weighted by atomic mass is 10.00. The fourth-order valence-electron chi connectivity index (χ4n) is 4.21. The number of benzene rings is 2. The number of hydrogen-bond acceptors (Lipinski definition) is 5. The first kappa shape index (κ1) is 24.1. The Morgan fingerprint density at radius 1 is 1.08 bits per heavy atom. The molecule has 0 saturated heterocycles. The van der Waals surface area contributed by atoms with Gasteiger partial charge in [0.05, 0.1) is 17.3 Å². The number of tetrazole rings is 1. The van der Waals surface area contributed by atoms with E-state index in [9.17, 15) is 4.79 Å². The zero-order valence-corrected chi connectivity index (χ0v) is 21.9. The first-order chi connectivity index (χ1) is 17.6. The quantitative estimate of drug-likeness (QED) is 0.261. The third kappa shape index (κ3) is 4.76. The molecule has 10 heteroatoms. The lowest BCUT2D eigenvalue weighted by Crippen LogP contribution is -2.25. The van der Waals surface area contributed by atoms with E-state index < -0.39 is 0 Å². The molecule has 0 aliphatic rings. The number of H-pyrrole nitrogens is 1. The minimum Gasteiger partial charge on any atom is -0.292 e. The van der Waals surface area contributed by atoms with Gasteiger partial charge in [0.25, 0.3) is 0 Å². The number of imidazole rings is 1. The normalized spacial score (nSPS) is 11.2. The van der Waals surface area contributed by atoms with Gasteiger partial charge in [-0.1, -0.05) is 55.3 Å². The molecular formula is C26H23BrClN7O. The number of aryl methyl sites for hydroxylation is 1. The van der Waals surface area contributed by atoms with Crippen molar-refractivity contribution >= 4 is 27.5 Å². The molecule has 8 nitrogen and oxygen atoms in total. The van der Waals surface area contributed by atoms with Crippen LogP contribution in [0.5, 0.6) is 0 Å². The molecule has 2 aromatic carbocycles. The van der Waals surface area contributed by atoms with E-state index >= 15 is 0 Å². The van der Waals surface area contributed by atoms with Crippen molar-refractivity contribution in [3.63, 3.8) is 0 Å². The number of hydrogen-bond donors (Lipinski definition) is 1. The first-order valence-corrected chi connectivity index (χ1v) is 12.8. The molecule has 0 aliphatic carbocycles. The molecule has 0 unspecified atom stereocenters. The molecule has 182 valence electrons. The Morgan fingerprint density at radius 3 is 2.64 bits per heavy atom. The summed E-state index contributed by atoms with van der Waals surface area (Å²) in [4.78, 5) is 17.8. The van der Waals surface area contributed by atoms with Crippen molar-refractivity contribution in [1.82, 2.24) is 34.7 Å². The van der Waals surface area contributed by atoms with Crippen LogP contribution in [0.3, 0.4) is 0 Å². The maximum absolute atomic E-state index is 13.5. The van der Waals surface area contributed by atoms with Gasteiger partial charge in [0, 0.05) is 34.3 Å². The summed E-state index contributed by atoms with van der Waals surface area (Å²) in [6, 6.07) is 15.6. The molecule has 5 aromatic rings. The van der Waals surface area contributed by atoms with E-state index in [1.54, 1.807) is 23.0 Å². The van der Waals surface area contributed by atoms with E-state index in [1.807, 2.05) is 53.2 Å². The Balaban J connectivity index is 1.49. The SMILES string of the molecule is CCCCc1cn(-c2c(Cl)cccc2Br)c(=O)n1Cc1ccc(-c2ccncc2-c2nn[nH]n2)cc1. The zero-order chi connectivity index (χ0) is 25.1. The van der Waals surface area contributed by atoms with Crippen LogP contribution in [0.1, 0.15) is 31.0 Å². The van der Waals surface area contributed by atoms with Crippen LogP contribution in [-0.2, 0) is 13.0 Å². The van der Waals surface area contributed by atoms with Crippen molar-refractivity contribution in [3.8, 4) is 28.2 Å². The second kappa shape index (κ2) is 10.6. The number of unbranched alkanes of at least 4 members (excludes halogenated alkanes) is 1. The Bertz CT molecular complexity index is 1520. The van der Waals surface area contributed by atoms with Crippen LogP contribution in [0.15, 0.2) is 76.4 Å². The summed E-state index contributed by atoms with van der Waals surface area (Å²) >= 11 is 10.0. The number of nitrogens with one attached hydrogen (secondary N) is 1. The largest absolute Gasteiger partial charge is 0.333 e. The standard InChI is InChI=1S/C26H23BrClN7O/c1-2-3-5-19-16-35(24-22(27)6-4-7-23(24)28)26(36)34(19)15-17-8-10-18(11-9-17)20-12-13-29-14-21(20)25-30-32-33-31-25/h4,6-14,16H,2-3,5,15H2,1H3,(H,30,31,32,33). The van der Waals surface area contributed by atoms with Gasteiger partial charge in [-0.3, -0.25) is 14.1 Å². The van der Waals surface area contributed by atoms with Crippen LogP contribution in [0, 0.1) is 0 Å². The second-order valence-electron chi connectivity index (χ2n) is 8.39. The fourth-order valence-corrected chi connectivity index (χ4v) is 5.14. The molecule has 5 rings (SSSR count). The maximum Gasteiger partial charge on any atom is 0.333 e. The molecule has 0 radical (unpaired) electrons. The Morgan fingerprint density at radius 2 is 1.92 bits per heavy atom. The first-order valence-electron chi connectivity index (χ1n) is 11.6. The molecule has 0 amide bonds. The van der Waals surface area contributed by atoms with Gasteiger partial charge in [0.15, 0.2) is 0 Å². The van der Waals surface area contributed by atoms with E-state index in [0.717, 1.165) is 51.7 Å². The molecule has 3 aromatic heterocycles. The molecule has 36 heavy (non-hydrogen) atoms. The lowest BCUT2D eigenvalue weighted by Gasteiger charge is -2.10. The molecule has 0 fully saturated rings. The number of para-hydroxylation sites is 1. The number of aromatic amines is 1.